The van der Waals surface area contributed by atoms with Crippen molar-refractivity contribution in [3.63, 3.8) is 0 Å². The summed E-state index contributed by atoms with van der Waals surface area (Å²) < 4.78 is 5.18. The van der Waals surface area contributed by atoms with E-state index in [-0.39, 0.29) is 5.97 Å². The highest BCUT2D eigenvalue weighted by atomic mass is 16.5. The summed E-state index contributed by atoms with van der Waals surface area (Å²) >= 11 is 0. The molecule has 3 nitrogen and oxygen atoms in total. The molecule has 2 unspecified atom stereocenters. The fourth-order valence-corrected chi connectivity index (χ4v) is 2.93. The van der Waals surface area contributed by atoms with Crippen molar-refractivity contribution in [3.8, 4) is 0 Å². The van der Waals surface area contributed by atoms with Gasteiger partial charge in [-0.2, -0.15) is 0 Å². The molecule has 1 aliphatic carbocycles. The Hall–Kier alpha value is -1.35. The molecular formula is C15H20O3. The second-order valence-electron chi connectivity index (χ2n) is 4.90. The number of hydrogen-bond acceptors (Lipinski definition) is 3. The van der Waals surface area contributed by atoms with E-state index in [1.807, 2.05) is 31.2 Å². The summed E-state index contributed by atoms with van der Waals surface area (Å²) in [7, 11) is 0. The van der Waals surface area contributed by atoms with Crippen LogP contribution in [-0.4, -0.2) is 17.7 Å². The third-order valence-electron chi connectivity index (χ3n) is 3.76. The van der Waals surface area contributed by atoms with Crippen molar-refractivity contribution in [2.75, 3.05) is 6.61 Å². The molecule has 0 aliphatic heterocycles. The number of benzene rings is 1. The second kappa shape index (κ2) is 5.11. The van der Waals surface area contributed by atoms with E-state index >= 15 is 0 Å². The number of aliphatic hydroxyl groups is 1. The first-order chi connectivity index (χ1) is 8.65. The van der Waals surface area contributed by atoms with Crippen LogP contribution in [0.15, 0.2) is 24.3 Å². The monoisotopic (exact) mass is 248 g/mol. The number of rotatable bonds is 4. The van der Waals surface area contributed by atoms with Crippen molar-refractivity contribution in [1.82, 2.24) is 0 Å². The van der Waals surface area contributed by atoms with E-state index in [2.05, 4.69) is 0 Å². The van der Waals surface area contributed by atoms with Crippen LogP contribution < -0.4 is 0 Å². The Kier molecular flexibility index (Phi) is 3.71. The second-order valence-corrected chi connectivity index (χ2v) is 4.90. The Morgan fingerprint density at radius 2 is 2.17 bits per heavy atom. The minimum absolute atomic E-state index is 0.268. The molecule has 0 spiro atoms. The lowest BCUT2D eigenvalue weighted by atomic mass is 9.78. The van der Waals surface area contributed by atoms with Crippen LogP contribution in [-0.2, 0) is 16.0 Å². The summed E-state index contributed by atoms with van der Waals surface area (Å²) in [6, 6.07) is 7.72. The van der Waals surface area contributed by atoms with Crippen LogP contribution in [0.1, 0.15) is 43.9 Å². The first-order valence-electron chi connectivity index (χ1n) is 6.58. The van der Waals surface area contributed by atoms with Gasteiger partial charge in [-0.25, -0.2) is 0 Å². The maximum Gasteiger partial charge on any atom is 0.315 e. The third-order valence-corrected chi connectivity index (χ3v) is 3.76. The molecule has 0 aromatic heterocycles. The predicted octanol–water partition coefficient (Wildman–Crippen LogP) is 2.63. The van der Waals surface area contributed by atoms with Gasteiger partial charge in [-0.15, -0.1) is 0 Å². The van der Waals surface area contributed by atoms with Crippen molar-refractivity contribution < 1.29 is 14.6 Å². The molecule has 1 N–H and O–H groups in total. The molecule has 0 amide bonds. The molecule has 0 radical (unpaired) electrons. The lowest BCUT2D eigenvalue weighted by Gasteiger charge is -2.30. The highest BCUT2D eigenvalue weighted by Gasteiger charge is 2.51. The van der Waals surface area contributed by atoms with Gasteiger partial charge >= 0.3 is 5.97 Å². The molecule has 1 aromatic rings. The van der Waals surface area contributed by atoms with Gasteiger partial charge in [0.05, 0.1) is 12.7 Å². The molecule has 0 heterocycles. The molecule has 0 fully saturated rings. The number of hydrogen-bond donors (Lipinski definition) is 1. The van der Waals surface area contributed by atoms with Gasteiger partial charge in [0.15, 0.2) is 0 Å². The SMILES string of the molecule is CCCC1(C(=O)OCC)Cc2ccccc2C1O. The molecule has 0 bridgehead atoms. The van der Waals surface area contributed by atoms with Gasteiger partial charge in [-0.1, -0.05) is 37.6 Å². The first kappa shape index (κ1) is 13.1. The Balaban J connectivity index is 2.37. The average Bonchev–Trinajstić information content (AvgIpc) is 2.65. The van der Waals surface area contributed by atoms with Gasteiger partial charge in [0.25, 0.3) is 0 Å². The number of carbonyl (C=O) groups excluding carboxylic acids is 1. The fraction of sp³-hybridized carbons (Fsp3) is 0.533. The molecule has 2 rings (SSSR count). The summed E-state index contributed by atoms with van der Waals surface area (Å²) in [6.07, 6.45) is 1.34. The molecular weight excluding hydrogens is 228 g/mol. The van der Waals surface area contributed by atoms with Crippen LogP contribution in [0, 0.1) is 5.41 Å². The van der Waals surface area contributed by atoms with Gasteiger partial charge < -0.3 is 9.84 Å². The zero-order chi connectivity index (χ0) is 13.2. The third kappa shape index (κ3) is 1.93. The minimum Gasteiger partial charge on any atom is -0.465 e. The molecule has 3 heteroatoms. The number of ether oxygens (including phenoxy) is 1. The highest BCUT2D eigenvalue weighted by Crippen LogP contribution is 2.49. The molecule has 2 atom stereocenters. The number of aliphatic hydroxyl groups excluding tert-OH is 1. The molecule has 98 valence electrons. The average molecular weight is 248 g/mol. The van der Waals surface area contributed by atoms with Crippen LogP contribution >= 0.6 is 0 Å². The summed E-state index contributed by atoms with van der Waals surface area (Å²) in [5.41, 5.74) is 1.15. The molecule has 0 saturated heterocycles. The Morgan fingerprint density at radius 3 is 2.78 bits per heavy atom. The predicted molar refractivity (Wildman–Crippen MR) is 69.1 cm³/mol. The Morgan fingerprint density at radius 1 is 1.44 bits per heavy atom. The number of carbonyl (C=O) groups is 1. The minimum atomic E-state index is -0.783. The lowest BCUT2D eigenvalue weighted by Crippen LogP contribution is -2.37. The van der Waals surface area contributed by atoms with E-state index in [1.54, 1.807) is 6.92 Å². The van der Waals surface area contributed by atoms with Crippen LogP contribution in [0.2, 0.25) is 0 Å². The van der Waals surface area contributed by atoms with E-state index in [1.165, 1.54) is 0 Å². The summed E-state index contributed by atoms with van der Waals surface area (Å²) in [6.45, 7) is 4.18. The smallest absolute Gasteiger partial charge is 0.315 e. The topological polar surface area (TPSA) is 46.5 Å². The maximum atomic E-state index is 12.3. The zero-order valence-corrected chi connectivity index (χ0v) is 11.0. The maximum absolute atomic E-state index is 12.3. The number of fused-ring (bicyclic) bond motifs is 1. The van der Waals surface area contributed by atoms with E-state index in [0.717, 1.165) is 17.5 Å². The first-order valence-corrected chi connectivity index (χ1v) is 6.58. The van der Waals surface area contributed by atoms with E-state index < -0.39 is 11.5 Å². The summed E-state index contributed by atoms with van der Waals surface area (Å²) in [5, 5.41) is 10.5. The van der Waals surface area contributed by atoms with Crippen molar-refractivity contribution in [2.45, 2.75) is 39.2 Å². The van der Waals surface area contributed by atoms with E-state index in [4.69, 9.17) is 4.74 Å². The van der Waals surface area contributed by atoms with E-state index in [9.17, 15) is 9.90 Å². The normalized spacial score (nSPS) is 25.8. The van der Waals surface area contributed by atoms with Crippen LogP contribution in [0.4, 0.5) is 0 Å². The van der Waals surface area contributed by atoms with Crippen molar-refractivity contribution in [2.24, 2.45) is 5.41 Å². The highest BCUT2D eigenvalue weighted by molar-refractivity contribution is 5.80. The van der Waals surface area contributed by atoms with Crippen molar-refractivity contribution >= 4 is 5.97 Å². The van der Waals surface area contributed by atoms with Gasteiger partial charge in [-0.3, -0.25) is 4.79 Å². The van der Waals surface area contributed by atoms with Crippen molar-refractivity contribution in [3.05, 3.63) is 35.4 Å². The van der Waals surface area contributed by atoms with Crippen LogP contribution in [0.3, 0.4) is 0 Å². The molecule has 1 aliphatic rings. The van der Waals surface area contributed by atoms with Gasteiger partial charge in [0.2, 0.25) is 0 Å². The van der Waals surface area contributed by atoms with Crippen LogP contribution in [0.5, 0.6) is 0 Å². The standard InChI is InChI=1S/C15H20O3/c1-3-9-15(14(17)18-4-2)10-11-7-5-6-8-12(11)13(15)16/h5-8,13,16H,3-4,9-10H2,1-2H3. The Bertz CT molecular complexity index is 441. The largest absolute Gasteiger partial charge is 0.465 e. The molecule has 18 heavy (non-hydrogen) atoms. The van der Waals surface area contributed by atoms with Crippen molar-refractivity contribution in [1.29, 1.82) is 0 Å². The Labute approximate surface area is 108 Å². The lowest BCUT2D eigenvalue weighted by molar-refractivity contribution is -0.163. The zero-order valence-electron chi connectivity index (χ0n) is 11.0. The molecule has 0 saturated carbocycles. The van der Waals surface area contributed by atoms with Gasteiger partial charge in [0.1, 0.15) is 5.41 Å². The fourth-order valence-electron chi connectivity index (χ4n) is 2.93. The number of esters is 1. The van der Waals surface area contributed by atoms with Gasteiger partial charge in [-0.05, 0) is 30.9 Å². The van der Waals surface area contributed by atoms with Gasteiger partial charge in [0, 0.05) is 0 Å². The quantitative estimate of drug-likeness (QED) is 0.833. The van der Waals surface area contributed by atoms with Crippen LogP contribution in [0.25, 0.3) is 0 Å². The summed E-state index contributed by atoms with van der Waals surface area (Å²) in [5.74, 6) is -0.268. The van der Waals surface area contributed by atoms with E-state index in [0.29, 0.717) is 19.4 Å². The summed E-state index contributed by atoms with van der Waals surface area (Å²) in [4.78, 5) is 12.3. The molecule has 1 aromatic carbocycles.